The lowest BCUT2D eigenvalue weighted by Gasteiger charge is -2.20. The summed E-state index contributed by atoms with van der Waals surface area (Å²) in [7, 11) is 0. The second-order valence-electron chi connectivity index (χ2n) is 7.70. The van der Waals surface area contributed by atoms with E-state index in [1.807, 2.05) is 9.48 Å². The number of carbonyl (C=O) groups excluding carboxylic acids is 1. The van der Waals surface area contributed by atoms with Gasteiger partial charge in [-0.2, -0.15) is 4.98 Å². The molecular formula is C20H22N7O6+. The van der Waals surface area contributed by atoms with Gasteiger partial charge in [0, 0.05) is 12.0 Å². The molecule has 0 spiro atoms. The van der Waals surface area contributed by atoms with Crippen molar-refractivity contribution >= 4 is 47.3 Å². The number of H-pyrrole nitrogens is 1. The van der Waals surface area contributed by atoms with Crippen molar-refractivity contribution in [3.63, 3.8) is 0 Å². The molecule has 0 bridgehead atoms. The van der Waals surface area contributed by atoms with Gasteiger partial charge in [0.1, 0.15) is 18.3 Å². The first-order chi connectivity index (χ1) is 15.7. The molecule has 0 unspecified atom stereocenters. The first-order valence-electron chi connectivity index (χ1n) is 10.1. The molecule has 0 aliphatic carbocycles. The smallest absolute Gasteiger partial charge is 0.326 e. The number of carboxylic acid groups (broad SMARTS) is 2. The number of aliphatic carboxylic acids is 2. The van der Waals surface area contributed by atoms with Gasteiger partial charge in [-0.1, -0.05) is 0 Å². The summed E-state index contributed by atoms with van der Waals surface area (Å²) in [5.74, 6) is -2.62. The fourth-order valence-electron chi connectivity index (χ4n) is 3.81. The van der Waals surface area contributed by atoms with Crippen molar-refractivity contribution in [2.75, 3.05) is 29.0 Å². The zero-order valence-corrected chi connectivity index (χ0v) is 17.3. The van der Waals surface area contributed by atoms with E-state index >= 15 is 0 Å². The highest BCUT2D eigenvalue weighted by atomic mass is 16.4. The standard InChI is InChI=1S/C20H21N7O6/c21-20-24-16-15(18(31)25-20)27-9-26(8-12(27)7-22-16)11-3-1-10(2-4-11)17(30)23-13(19(32)33)5-6-14(28)29/h1-4,9,12-13H,5-8H2,(H6-,21,22,23,24,25,28,29,30,31,32,33)/p+1/t12-,13-/m0/s1. The monoisotopic (exact) mass is 456 g/mol. The predicted molar refractivity (Wildman–Crippen MR) is 117 cm³/mol. The number of fused-ring (bicyclic) bond motifs is 3. The van der Waals surface area contributed by atoms with Gasteiger partial charge in [0.2, 0.25) is 18.0 Å². The third kappa shape index (κ3) is 4.46. The van der Waals surface area contributed by atoms with Gasteiger partial charge in [-0.3, -0.25) is 19.4 Å². The van der Waals surface area contributed by atoms with Gasteiger partial charge in [-0.25, -0.2) is 14.3 Å². The molecule has 1 aromatic heterocycles. The molecule has 1 aromatic carbocycles. The minimum atomic E-state index is -1.30. The Bertz CT molecular complexity index is 1210. The molecule has 2 aliphatic rings. The highest BCUT2D eigenvalue weighted by Gasteiger charge is 2.39. The van der Waals surface area contributed by atoms with Crippen molar-refractivity contribution in [1.82, 2.24) is 15.3 Å². The van der Waals surface area contributed by atoms with E-state index in [9.17, 15) is 24.3 Å². The summed E-state index contributed by atoms with van der Waals surface area (Å²) in [5.41, 5.74) is 6.64. The van der Waals surface area contributed by atoms with Gasteiger partial charge in [0.05, 0.1) is 6.54 Å². The molecular weight excluding hydrogens is 434 g/mol. The van der Waals surface area contributed by atoms with Gasteiger partial charge >= 0.3 is 17.5 Å². The van der Waals surface area contributed by atoms with Crippen LogP contribution in [0.4, 0.5) is 23.1 Å². The van der Waals surface area contributed by atoms with E-state index in [1.54, 1.807) is 30.6 Å². The number of rotatable bonds is 7. The number of anilines is 3. The summed E-state index contributed by atoms with van der Waals surface area (Å²) in [4.78, 5) is 55.4. The number of aromatic amines is 1. The molecule has 0 saturated carbocycles. The number of nitrogens with one attached hydrogen (secondary N) is 3. The van der Waals surface area contributed by atoms with Crippen LogP contribution in [0, 0.1) is 0 Å². The van der Waals surface area contributed by atoms with Crippen LogP contribution in [0.2, 0.25) is 0 Å². The molecule has 0 radical (unpaired) electrons. The Labute approximate surface area is 186 Å². The van der Waals surface area contributed by atoms with Gasteiger partial charge in [-0.15, -0.1) is 0 Å². The van der Waals surface area contributed by atoms with Crippen LogP contribution in [-0.2, 0) is 9.59 Å². The average Bonchev–Trinajstić information content (AvgIpc) is 3.20. The Balaban J connectivity index is 1.49. The van der Waals surface area contributed by atoms with E-state index in [4.69, 9.17) is 10.8 Å². The maximum Gasteiger partial charge on any atom is 0.326 e. The van der Waals surface area contributed by atoms with Gasteiger partial charge in [0.15, 0.2) is 11.9 Å². The molecule has 13 heteroatoms. The van der Waals surface area contributed by atoms with Crippen LogP contribution in [-0.4, -0.2) is 74.1 Å². The molecule has 2 aromatic rings. The fraction of sp³-hybridized carbons (Fsp3) is 0.300. The Hall–Kier alpha value is -4.42. The number of amides is 1. The van der Waals surface area contributed by atoms with Gasteiger partial charge in [0.25, 0.3) is 5.91 Å². The Kier molecular flexibility index (Phi) is 5.69. The molecule has 2 atom stereocenters. The first-order valence-corrected chi connectivity index (χ1v) is 10.1. The maximum absolute atomic E-state index is 12.4. The van der Waals surface area contributed by atoms with Crippen LogP contribution in [0.3, 0.4) is 0 Å². The lowest BCUT2D eigenvalue weighted by Crippen LogP contribution is -2.41. The molecule has 0 fully saturated rings. The maximum atomic E-state index is 12.4. The van der Waals surface area contributed by atoms with Crippen LogP contribution in [0.5, 0.6) is 0 Å². The predicted octanol–water partition coefficient (Wildman–Crippen LogP) is -0.613. The Morgan fingerprint density at radius 1 is 1.27 bits per heavy atom. The number of hydrogen-bond acceptors (Lipinski definition) is 8. The van der Waals surface area contributed by atoms with Crippen molar-refractivity contribution in [1.29, 1.82) is 0 Å². The first kappa shape index (κ1) is 21.8. The summed E-state index contributed by atoms with van der Waals surface area (Å²) in [6.07, 6.45) is 1.20. The summed E-state index contributed by atoms with van der Waals surface area (Å²) >= 11 is 0. The molecule has 172 valence electrons. The van der Waals surface area contributed by atoms with Crippen LogP contribution in [0.1, 0.15) is 23.2 Å². The van der Waals surface area contributed by atoms with E-state index in [0.29, 0.717) is 24.6 Å². The molecule has 3 heterocycles. The Morgan fingerprint density at radius 3 is 2.67 bits per heavy atom. The van der Waals surface area contributed by atoms with Crippen LogP contribution in [0.25, 0.3) is 0 Å². The van der Waals surface area contributed by atoms with E-state index in [-0.39, 0.29) is 36.0 Å². The minimum Gasteiger partial charge on any atom is -0.481 e. The molecule has 2 aliphatic heterocycles. The number of hydrogen-bond donors (Lipinski definition) is 6. The van der Waals surface area contributed by atoms with Crippen molar-refractivity contribution in [2.24, 2.45) is 0 Å². The molecule has 1 amide bonds. The highest BCUT2D eigenvalue weighted by molar-refractivity contribution is 5.97. The number of carbonyl (C=O) groups is 3. The number of nitrogens with two attached hydrogens (primary N) is 1. The number of carboxylic acids is 2. The van der Waals surface area contributed by atoms with Crippen molar-refractivity contribution in [3.05, 3.63) is 40.2 Å². The Morgan fingerprint density at radius 2 is 2.00 bits per heavy atom. The second-order valence-corrected chi connectivity index (χ2v) is 7.70. The highest BCUT2D eigenvalue weighted by Crippen LogP contribution is 2.28. The second kappa shape index (κ2) is 8.61. The van der Waals surface area contributed by atoms with Crippen molar-refractivity contribution in [2.45, 2.75) is 24.9 Å². The largest absolute Gasteiger partial charge is 0.481 e. The van der Waals surface area contributed by atoms with Gasteiger partial charge in [-0.05, 0) is 30.7 Å². The quantitative estimate of drug-likeness (QED) is 0.293. The fourth-order valence-corrected chi connectivity index (χ4v) is 3.81. The molecule has 13 nitrogen and oxygen atoms in total. The average molecular weight is 456 g/mol. The molecule has 7 N–H and O–H groups in total. The van der Waals surface area contributed by atoms with E-state index in [1.165, 1.54) is 0 Å². The SMILES string of the molecule is Nc1nc2c(c(=O)[nH]1)[N+]1=CN(c3ccc(C(=O)N[C@@H](CCC(=O)O)C(=O)O)cc3)C[C@@H]1CN2. The molecule has 33 heavy (non-hydrogen) atoms. The molecule has 0 saturated heterocycles. The van der Waals surface area contributed by atoms with E-state index in [0.717, 1.165) is 5.69 Å². The number of nitrogen functional groups attached to an aromatic ring is 1. The number of benzene rings is 1. The van der Waals surface area contributed by atoms with Crippen molar-refractivity contribution < 1.29 is 29.2 Å². The third-order valence-electron chi connectivity index (χ3n) is 5.45. The summed E-state index contributed by atoms with van der Waals surface area (Å²) in [6.45, 7) is 1.14. The van der Waals surface area contributed by atoms with E-state index < -0.39 is 23.9 Å². The zero-order valence-electron chi connectivity index (χ0n) is 17.3. The lowest BCUT2D eigenvalue weighted by molar-refractivity contribution is -0.468. The number of aromatic nitrogens is 2. The van der Waals surface area contributed by atoms with E-state index in [2.05, 4.69) is 20.6 Å². The van der Waals surface area contributed by atoms with Crippen LogP contribution < -0.4 is 26.8 Å². The normalized spacial score (nSPS) is 17.3. The van der Waals surface area contributed by atoms with Crippen molar-refractivity contribution in [3.8, 4) is 0 Å². The van der Waals surface area contributed by atoms with Crippen LogP contribution in [0.15, 0.2) is 29.1 Å². The zero-order chi connectivity index (χ0) is 23.7. The third-order valence-corrected chi connectivity index (χ3v) is 5.45. The summed E-state index contributed by atoms with van der Waals surface area (Å²) < 4.78 is 1.83. The topological polar surface area (TPSA) is 194 Å². The minimum absolute atomic E-state index is 0.0161. The summed E-state index contributed by atoms with van der Waals surface area (Å²) in [5, 5.41) is 23.4. The number of nitrogens with zero attached hydrogens (tertiary/aromatic N) is 3. The lowest BCUT2D eigenvalue weighted by atomic mass is 10.1. The van der Waals surface area contributed by atoms with Gasteiger partial charge < -0.3 is 26.6 Å². The summed E-state index contributed by atoms with van der Waals surface area (Å²) in [6, 6.07) is 5.19. The van der Waals surface area contributed by atoms with Crippen LogP contribution >= 0.6 is 0 Å². The molecule has 4 rings (SSSR count).